The summed E-state index contributed by atoms with van der Waals surface area (Å²) in [6.07, 6.45) is 1.46. The minimum atomic E-state index is -0.293. The molecule has 0 bridgehead atoms. The molecule has 0 aliphatic heterocycles. The van der Waals surface area contributed by atoms with Gasteiger partial charge in [0, 0.05) is 17.1 Å². The molecule has 0 spiro atoms. The summed E-state index contributed by atoms with van der Waals surface area (Å²) in [5.74, 6) is 0.909. The van der Waals surface area contributed by atoms with E-state index in [0.29, 0.717) is 23.6 Å². The highest BCUT2D eigenvalue weighted by Crippen LogP contribution is 2.34. The SMILES string of the molecule is COc1cc(-c2ccc(F)cc2)cc2c(NCc3cccc(=O)[nH]3)ncnc12. The summed E-state index contributed by atoms with van der Waals surface area (Å²) in [5, 5.41) is 4.00. The van der Waals surface area contributed by atoms with Gasteiger partial charge >= 0.3 is 0 Å². The van der Waals surface area contributed by atoms with E-state index in [-0.39, 0.29) is 11.4 Å². The van der Waals surface area contributed by atoms with Crippen LogP contribution < -0.4 is 15.6 Å². The molecule has 6 nitrogen and oxygen atoms in total. The number of halogens is 1. The van der Waals surface area contributed by atoms with Crippen LogP contribution in [-0.4, -0.2) is 22.1 Å². The standard InChI is InChI=1S/C21H17FN4O2/c1-28-18-10-14(13-5-7-15(22)8-6-13)9-17-20(18)24-12-25-21(17)23-11-16-3-2-4-19(27)26-16/h2-10,12H,11H2,1H3,(H,26,27)(H,23,24,25). The lowest BCUT2D eigenvalue weighted by Gasteiger charge is -2.13. The molecule has 2 aromatic heterocycles. The van der Waals surface area contributed by atoms with E-state index < -0.39 is 0 Å². The van der Waals surface area contributed by atoms with Crippen molar-refractivity contribution in [3.63, 3.8) is 0 Å². The summed E-state index contributed by atoms with van der Waals surface area (Å²) in [4.78, 5) is 22.9. The molecule has 2 N–H and O–H groups in total. The summed E-state index contributed by atoms with van der Waals surface area (Å²) in [5.41, 5.74) is 2.94. The highest BCUT2D eigenvalue weighted by molar-refractivity contribution is 5.96. The van der Waals surface area contributed by atoms with Gasteiger partial charge in [-0.05, 0) is 41.5 Å². The third-order valence-corrected chi connectivity index (χ3v) is 4.38. The summed E-state index contributed by atoms with van der Waals surface area (Å²) in [7, 11) is 1.58. The first-order chi connectivity index (χ1) is 13.6. The largest absolute Gasteiger partial charge is 0.494 e. The Hall–Kier alpha value is -3.74. The predicted octanol–water partition coefficient (Wildman–Crippen LogP) is 3.74. The van der Waals surface area contributed by atoms with Crippen LogP contribution in [-0.2, 0) is 6.54 Å². The van der Waals surface area contributed by atoms with Gasteiger partial charge in [0.05, 0.1) is 13.7 Å². The number of nitrogens with one attached hydrogen (secondary N) is 2. The molecule has 7 heteroatoms. The Morgan fingerprint density at radius 1 is 1.07 bits per heavy atom. The van der Waals surface area contributed by atoms with Crippen LogP contribution in [0, 0.1) is 5.82 Å². The highest BCUT2D eigenvalue weighted by Gasteiger charge is 2.12. The van der Waals surface area contributed by atoms with E-state index in [0.717, 1.165) is 22.2 Å². The summed E-state index contributed by atoms with van der Waals surface area (Å²) in [6.45, 7) is 0.394. The fraction of sp³-hybridized carbons (Fsp3) is 0.0952. The van der Waals surface area contributed by atoms with Crippen LogP contribution in [0.2, 0.25) is 0 Å². The maximum Gasteiger partial charge on any atom is 0.248 e. The van der Waals surface area contributed by atoms with E-state index in [1.54, 1.807) is 25.3 Å². The van der Waals surface area contributed by atoms with E-state index >= 15 is 0 Å². The van der Waals surface area contributed by atoms with Gasteiger partial charge in [-0.1, -0.05) is 18.2 Å². The number of benzene rings is 2. The van der Waals surface area contributed by atoms with Crippen LogP contribution in [0.3, 0.4) is 0 Å². The van der Waals surface area contributed by atoms with E-state index in [2.05, 4.69) is 20.3 Å². The van der Waals surface area contributed by atoms with E-state index in [1.807, 2.05) is 18.2 Å². The number of hydrogen-bond acceptors (Lipinski definition) is 5. The number of nitrogens with zero attached hydrogens (tertiary/aromatic N) is 2. The van der Waals surface area contributed by atoms with Crippen LogP contribution in [0.15, 0.2) is 65.7 Å². The van der Waals surface area contributed by atoms with Crippen molar-refractivity contribution in [3.05, 3.63) is 82.8 Å². The van der Waals surface area contributed by atoms with Crippen molar-refractivity contribution in [3.8, 4) is 16.9 Å². The maximum absolute atomic E-state index is 13.3. The van der Waals surface area contributed by atoms with Crippen molar-refractivity contribution in [2.45, 2.75) is 6.54 Å². The highest BCUT2D eigenvalue weighted by atomic mass is 19.1. The zero-order valence-corrected chi connectivity index (χ0v) is 15.1. The Morgan fingerprint density at radius 2 is 1.89 bits per heavy atom. The van der Waals surface area contributed by atoms with Gasteiger partial charge in [-0.2, -0.15) is 0 Å². The number of ether oxygens (including phenoxy) is 1. The van der Waals surface area contributed by atoms with Crippen LogP contribution >= 0.6 is 0 Å². The molecular formula is C21H17FN4O2. The number of pyridine rings is 1. The van der Waals surface area contributed by atoms with E-state index in [1.165, 1.54) is 24.5 Å². The molecular weight excluding hydrogens is 359 g/mol. The van der Waals surface area contributed by atoms with Gasteiger partial charge in [-0.3, -0.25) is 4.79 Å². The van der Waals surface area contributed by atoms with Crippen LogP contribution in [0.4, 0.5) is 10.2 Å². The predicted molar refractivity (Wildman–Crippen MR) is 106 cm³/mol. The minimum absolute atomic E-state index is 0.160. The number of H-pyrrole nitrogens is 1. The van der Waals surface area contributed by atoms with Crippen molar-refractivity contribution in [2.75, 3.05) is 12.4 Å². The molecule has 0 unspecified atom stereocenters. The summed E-state index contributed by atoms with van der Waals surface area (Å²) >= 11 is 0. The summed E-state index contributed by atoms with van der Waals surface area (Å²) < 4.78 is 18.8. The van der Waals surface area contributed by atoms with E-state index in [9.17, 15) is 9.18 Å². The Kier molecular flexibility index (Phi) is 4.72. The zero-order chi connectivity index (χ0) is 19.5. The molecule has 140 valence electrons. The minimum Gasteiger partial charge on any atom is -0.494 e. The number of aromatic nitrogens is 3. The Balaban J connectivity index is 1.77. The number of anilines is 1. The molecule has 0 saturated heterocycles. The fourth-order valence-corrected chi connectivity index (χ4v) is 3.02. The molecule has 0 amide bonds. The second-order valence-electron chi connectivity index (χ2n) is 6.20. The molecule has 4 rings (SSSR count). The van der Waals surface area contributed by atoms with Crippen molar-refractivity contribution >= 4 is 16.7 Å². The smallest absolute Gasteiger partial charge is 0.248 e. The van der Waals surface area contributed by atoms with Gasteiger partial charge < -0.3 is 15.0 Å². The van der Waals surface area contributed by atoms with Gasteiger partial charge in [0.2, 0.25) is 5.56 Å². The first-order valence-corrected chi connectivity index (χ1v) is 8.65. The molecule has 0 atom stereocenters. The van der Waals surface area contributed by atoms with E-state index in [4.69, 9.17) is 4.74 Å². The summed E-state index contributed by atoms with van der Waals surface area (Å²) in [6, 6.07) is 15.0. The van der Waals surface area contributed by atoms with Crippen LogP contribution in [0.25, 0.3) is 22.0 Å². The number of hydrogen-bond donors (Lipinski definition) is 2. The quantitative estimate of drug-likeness (QED) is 0.555. The average Bonchev–Trinajstić information content (AvgIpc) is 2.72. The van der Waals surface area contributed by atoms with Crippen molar-refractivity contribution in [1.82, 2.24) is 15.0 Å². The molecule has 2 aromatic carbocycles. The normalized spacial score (nSPS) is 10.8. The molecule has 4 aromatic rings. The number of rotatable bonds is 5. The fourth-order valence-electron chi connectivity index (χ4n) is 3.02. The number of methoxy groups -OCH3 is 1. The lowest BCUT2D eigenvalue weighted by atomic mass is 10.0. The molecule has 2 heterocycles. The monoisotopic (exact) mass is 376 g/mol. The maximum atomic E-state index is 13.3. The van der Waals surface area contributed by atoms with Gasteiger partial charge in [-0.15, -0.1) is 0 Å². The molecule has 28 heavy (non-hydrogen) atoms. The first-order valence-electron chi connectivity index (χ1n) is 8.65. The molecule has 0 fully saturated rings. The Bertz CT molecular complexity index is 1190. The van der Waals surface area contributed by atoms with Crippen molar-refractivity contribution in [2.24, 2.45) is 0 Å². The first kappa shape index (κ1) is 17.7. The average molecular weight is 376 g/mol. The molecule has 0 aliphatic rings. The third kappa shape index (κ3) is 3.55. The van der Waals surface area contributed by atoms with Gasteiger partial charge in [0.1, 0.15) is 29.2 Å². The number of aromatic amines is 1. The van der Waals surface area contributed by atoms with Crippen molar-refractivity contribution < 1.29 is 9.13 Å². The topological polar surface area (TPSA) is 79.9 Å². The molecule has 0 saturated carbocycles. The molecule has 0 radical (unpaired) electrons. The second-order valence-corrected chi connectivity index (χ2v) is 6.20. The van der Waals surface area contributed by atoms with Gasteiger partial charge in [-0.25, -0.2) is 14.4 Å². The van der Waals surface area contributed by atoms with Crippen LogP contribution in [0.1, 0.15) is 5.69 Å². The van der Waals surface area contributed by atoms with Gasteiger partial charge in [0.25, 0.3) is 0 Å². The van der Waals surface area contributed by atoms with Gasteiger partial charge in [0.15, 0.2) is 0 Å². The Morgan fingerprint density at radius 3 is 2.64 bits per heavy atom. The third-order valence-electron chi connectivity index (χ3n) is 4.38. The number of fused-ring (bicyclic) bond motifs is 1. The van der Waals surface area contributed by atoms with Crippen molar-refractivity contribution in [1.29, 1.82) is 0 Å². The zero-order valence-electron chi connectivity index (χ0n) is 15.1. The van der Waals surface area contributed by atoms with Crippen LogP contribution in [0.5, 0.6) is 5.75 Å². The lowest BCUT2D eigenvalue weighted by Crippen LogP contribution is -2.10. The Labute approximate surface area is 160 Å². The second kappa shape index (κ2) is 7.48. The lowest BCUT2D eigenvalue weighted by molar-refractivity contribution is 0.419. The molecule has 0 aliphatic carbocycles.